The summed E-state index contributed by atoms with van der Waals surface area (Å²) in [6.07, 6.45) is 2.57. The van der Waals surface area contributed by atoms with E-state index in [4.69, 9.17) is 0 Å². The van der Waals surface area contributed by atoms with Crippen LogP contribution < -0.4 is 10.2 Å². The average molecular weight is 298 g/mol. The molecular weight excluding hydrogens is 284 g/mol. The summed E-state index contributed by atoms with van der Waals surface area (Å²) in [4.78, 5) is 28.5. The van der Waals surface area contributed by atoms with Crippen LogP contribution >= 0.6 is 0 Å². The Hall–Kier alpha value is -2.96. The molecule has 0 atom stereocenters. The Bertz CT molecular complexity index is 732. The average Bonchev–Trinajstić information content (AvgIpc) is 2.91. The van der Waals surface area contributed by atoms with E-state index in [-0.39, 0.29) is 18.1 Å². The van der Waals surface area contributed by atoms with Gasteiger partial charge in [-0.2, -0.15) is 0 Å². The molecule has 1 aliphatic heterocycles. The van der Waals surface area contributed by atoms with Gasteiger partial charge in [-0.05, 0) is 24.1 Å². The highest BCUT2D eigenvalue weighted by Crippen LogP contribution is 2.24. The number of nitrogens with zero attached hydrogens (tertiary/aromatic N) is 3. The molecular formula is C15H14N4O3. The van der Waals surface area contributed by atoms with Gasteiger partial charge in [-0.25, -0.2) is 4.98 Å². The number of benzene rings is 1. The van der Waals surface area contributed by atoms with Crippen LogP contribution in [0.5, 0.6) is 0 Å². The number of hydrogen-bond acceptors (Lipinski definition) is 5. The smallest absolute Gasteiger partial charge is 0.271 e. The number of rotatable bonds is 4. The van der Waals surface area contributed by atoms with Crippen LogP contribution in [0.25, 0.3) is 0 Å². The van der Waals surface area contributed by atoms with Crippen LogP contribution in [0, 0.1) is 10.1 Å². The Balaban J connectivity index is 1.66. The highest BCUT2D eigenvalue weighted by atomic mass is 16.6. The summed E-state index contributed by atoms with van der Waals surface area (Å²) in [7, 11) is 0. The minimum absolute atomic E-state index is 0.0500. The third-order valence-electron chi connectivity index (χ3n) is 3.49. The third-order valence-corrected chi connectivity index (χ3v) is 3.49. The van der Waals surface area contributed by atoms with Gasteiger partial charge in [0.2, 0.25) is 5.91 Å². The molecule has 0 saturated heterocycles. The molecule has 1 aliphatic rings. The Labute approximate surface area is 126 Å². The van der Waals surface area contributed by atoms with Crippen molar-refractivity contribution in [2.45, 2.75) is 6.42 Å². The zero-order chi connectivity index (χ0) is 15.5. The van der Waals surface area contributed by atoms with E-state index in [2.05, 4.69) is 10.3 Å². The van der Waals surface area contributed by atoms with Crippen LogP contribution in [0.1, 0.15) is 5.56 Å². The lowest BCUT2D eigenvalue weighted by molar-refractivity contribution is -0.384. The first-order chi connectivity index (χ1) is 10.6. The van der Waals surface area contributed by atoms with Gasteiger partial charge in [-0.3, -0.25) is 14.9 Å². The summed E-state index contributed by atoms with van der Waals surface area (Å²) in [5.74, 6) is 0.607. The first-order valence-corrected chi connectivity index (χ1v) is 6.86. The number of non-ortho nitro benzene ring substituents is 1. The van der Waals surface area contributed by atoms with Crippen molar-refractivity contribution in [3.63, 3.8) is 0 Å². The summed E-state index contributed by atoms with van der Waals surface area (Å²) < 4.78 is 0. The topological polar surface area (TPSA) is 88.4 Å². The lowest BCUT2D eigenvalue weighted by Gasteiger charge is -2.17. The Morgan fingerprint density at radius 1 is 1.36 bits per heavy atom. The number of nitro benzene ring substituents is 1. The Morgan fingerprint density at radius 2 is 2.23 bits per heavy atom. The predicted octanol–water partition coefficient (Wildman–Crippen LogP) is 1.99. The van der Waals surface area contributed by atoms with E-state index in [1.54, 1.807) is 18.3 Å². The zero-order valence-electron chi connectivity index (χ0n) is 11.7. The number of nitro groups is 1. The second-order valence-corrected chi connectivity index (χ2v) is 5.01. The standard InChI is InChI=1S/C15H14N4O3/c20-14(17-12-4-1-5-13(9-12)19(21)22)10-18-8-6-11-3-2-7-16-15(11)18/h1-5,7,9H,6,8,10H2,(H,17,20). The van der Waals surface area contributed by atoms with Crippen molar-refractivity contribution in [2.75, 3.05) is 23.3 Å². The molecule has 3 rings (SSSR count). The second kappa shape index (κ2) is 5.80. The maximum Gasteiger partial charge on any atom is 0.271 e. The largest absolute Gasteiger partial charge is 0.347 e. The number of fused-ring (bicyclic) bond motifs is 1. The van der Waals surface area contributed by atoms with Crippen molar-refractivity contribution < 1.29 is 9.72 Å². The molecule has 0 bridgehead atoms. The normalized spacial score (nSPS) is 12.8. The van der Waals surface area contributed by atoms with Crippen molar-refractivity contribution in [1.82, 2.24) is 4.98 Å². The fraction of sp³-hybridized carbons (Fsp3) is 0.200. The van der Waals surface area contributed by atoms with Crippen LogP contribution in [0.3, 0.4) is 0 Å². The van der Waals surface area contributed by atoms with Gasteiger partial charge in [0.05, 0.1) is 11.5 Å². The van der Waals surface area contributed by atoms with Crippen LogP contribution in [-0.4, -0.2) is 28.9 Å². The summed E-state index contributed by atoms with van der Waals surface area (Å²) in [6.45, 7) is 0.918. The van der Waals surface area contributed by atoms with E-state index in [0.717, 1.165) is 24.3 Å². The second-order valence-electron chi connectivity index (χ2n) is 5.01. The number of anilines is 2. The zero-order valence-corrected chi connectivity index (χ0v) is 11.7. The molecule has 1 N–H and O–H groups in total. The minimum atomic E-state index is -0.490. The molecule has 7 nitrogen and oxygen atoms in total. The fourth-order valence-corrected chi connectivity index (χ4v) is 2.50. The molecule has 0 unspecified atom stereocenters. The number of aromatic nitrogens is 1. The van der Waals surface area contributed by atoms with Gasteiger partial charge in [0, 0.05) is 30.6 Å². The third kappa shape index (κ3) is 2.88. The van der Waals surface area contributed by atoms with Gasteiger partial charge in [0.1, 0.15) is 5.82 Å². The van der Waals surface area contributed by atoms with E-state index in [1.165, 1.54) is 12.1 Å². The van der Waals surface area contributed by atoms with Gasteiger partial charge in [-0.15, -0.1) is 0 Å². The molecule has 1 aromatic heterocycles. The molecule has 0 fully saturated rings. The monoisotopic (exact) mass is 298 g/mol. The molecule has 0 radical (unpaired) electrons. The molecule has 1 aromatic carbocycles. The number of carbonyl (C=O) groups is 1. The van der Waals surface area contributed by atoms with Crippen molar-refractivity contribution >= 4 is 23.1 Å². The van der Waals surface area contributed by atoms with Gasteiger partial charge < -0.3 is 10.2 Å². The van der Waals surface area contributed by atoms with E-state index in [1.807, 2.05) is 17.0 Å². The molecule has 0 aliphatic carbocycles. The van der Waals surface area contributed by atoms with Crippen molar-refractivity contribution in [2.24, 2.45) is 0 Å². The van der Waals surface area contributed by atoms with Crippen LogP contribution in [-0.2, 0) is 11.2 Å². The van der Waals surface area contributed by atoms with Crippen LogP contribution in [0.4, 0.5) is 17.2 Å². The molecule has 0 spiro atoms. The Kier molecular flexibility index (Phi) is 3.69. The number of hydrogen-bond donors (Lipinski definition) is 1. The number of pyridine rings is 1. The lowest BCUT2D eigenvalue weighted by atomic mass is 10.2. The molecule has 1 amide bonds. The molecule has 22 heavy (non-hydrogen) atoms. The van der Waals surface area contributed by atoms with E-state index in [0.29, 0.717) is 5.69 Å². The van der Waals surface area contributed by atoms with E-state index >= 15 is 0 Å². The van der Waals surface area contributed by atoms with Gasteiger partial charge in [-0.1, -0.05) is 12.1 Å². The number of nitrogens with one attached hydrogen (secondary N) is 1. The summed E-state index contributed by atoms with van der Waals surface area (Å²) >= 11 is 0. The van der Waals surface area contributed by atoms with Gasteiger partial charge in [0.15, 0.2) is 0 Å². The van der Waals surface area contributed by atoms with Crippen LogP contribution in [0.2, 0.25) is 0 Å². The fourth-order valence-electron chi connectivity index (χ4n) is 2.50. The maximum atomic E-state index is 12.1. The van der Waals surface area contributed by atoms with Gasteiger partial charge >= 0.3 is 0 Å². The number of amides is 1. The maximum absolute atomic E-state index is 12.1. The van der Waals surface area contributed by atoms with Gasteiger partial charge in [0.25, 0.3) is 5.69 Å². The first-order valence-electron chi connectivity index (χ1n) is 6.86. The molecule has 7 heteroatoms. The molecule has 0 saturated carbocycles. The van der Waals surface area contributed by atoms with Crippen molar-refractivity contribution in [3.8, 4) is 0 Å². The SMILES string of the molecule is O=C(CN1CCc2cccnc21)Nc1cccc([N+](=O)[O-])c1. The van der Waals surface area contributed by atoms with Crippen molar-refractivity contribution in [3.05, 3.63) is 58.3 Å². The summed E-state index contributed by atoms with van der Waals surface area (Å²) in [5, 5.41) is 13.4. The van der Waals surface area contributed by atoms with Crippen molar-refractivity contribution in [1.29, 1.82) is 0 Å². The number of carbonyl (C=O) groups excluding carboxylic acids is 1. The minimum Gasteiger partial charge on any atom is -0.347 e. The summed E-state index contributed by atoms with van der Waals surface area (Å²) in [5.41, 5.74) is 1.50. The van der Waals surface area contributed by atoms with E-state index < -0.39 is 4.92 Å². The molecule has 112 valence electrons. The highest BCUT2D eigenvalue weighted by molar-refractivity contribution is 5.94. The summed E-state index contributed by atoms with van der Waals surface area (Å²) in [6, 6.07) is 9.78. The van der Waals surface area contributed by atoms with E-state index in [9.17, 15) is 14.9 Å². The quantitative estimate of drug-likeness (QED) is 0.689. The molecule has 2 heterocycles. The lowest BCUT2D eigenvalue weighted by Crippen LogP contribution is -2.32. The first kappa shape index (κ1) is 14.0. The Morgan fingerprint density at radius 3 is 3.05 bits per heavy atom. The van der Waals surface area contributed by atoms with Crippen LogP contribution in [0.15, 0.2) is 42.6 Å². The highest BCUT2D eigenvalue weighted by Gasteiger charge is 2.22. The molecule has 2 aromatic rings. The predicted molar refractivity (Wildman–Crippen MR) is 81.9 cm³/mol.